The maximum atomic E-state index is 16.2. The summed E-state index contributed by atoms with van der Waals surface area (Å²) in [5.74, 6) is -4.95. The summed E-state index contributed by atoms with van der Waals surface area (Å²) in [6.07, 6.45) is 0.971. The number of ether oxygens (including phenoxy) is 4. The summed E-state index contributed by atoms with van der Waals surface area (Å²) in [6, 6.07) is 10.4. The Bertz CT molecular complexity index is 1530. The summed E-state index contributed by atoms with van der Waals surface area (Å²) in [5, 5.41) is 7.74. The molecule has 3 aromatic rings. The van der Waals surface area contributed by atoms with Crippen LogP contribution in [0.5, 0.6) is 29.0 Å². The number of esters is 1. The molecule has 13 heteroatoms. The minimum atomic E-state index is -1.14. The Hall–Kier alpha value is -4.94. The van der Waals surface area contributed by atoms with Gasteiger partial charge in [0.05, 0.1) is 19.6 Å². The number of nitrogen functional groups attached to an aromatic ring is 1. The van der Waals surface area contributed by atoms with E-state index < -0.39 is 41.0 Å². The number of amides is 1. The first kappa shape index (κ1) is 31.0. The van der Waals surface area contributed by atoms with Gasteiger partial charge in [-0.2, -0.15) is 13.8 Å². The van der Waals surface area contributed by atoms with Crippen LogP contribution in [0.1, 0.15) is 35.7 Å². The predicted octanol–water partition coefficient (Wildman–Crippen LogP) is 4.72. The summed E-state index contributed by atoms with van der Waals surface area (Å²) >= 11 is 0. The fourth-order valence-electron chi connectivity index (χ4n) is 4.63. The number of nitrogens with one attached hydrogen (secondary N) is 1. The van der Waals surface area contributed by atoms with Crippen molar-refractivity contribution in [1.82, 2.24) is 9.88 Å². The fourth-order valence-corrected chi connectivity index (χ4v) is 4.63. The van der Waals surface area contributed by atoms with E-state index in [-0.39, 0.29) is 59.8 Å². The lowest BCUT2D eigenvalue weighted by Gasteiger charge is -2.33. The van der Waals surface area contributed by atoms with Crippen molar-refractivity contribution in [3.05, 3.63) is 65.2 Å². The molecule has 0 bridgehead atoms. The van der Waals surface area contributed by atoms with Crippen LogP contribution in [-0.2, 0) is 9.53 Å². The lowest BCUT2D eigenvalue weighted by Crippen LogP contribution is -2.40. The van der Waals surface area contributed by atoms with Crippen LogP contribution in [0.2, 0.25) is 0 Å². The molecule has 1 amide bonds. The third kappa shape index (κ3) is 6.93. The van der Waals surface area contributed by atoms with Gasteiger partial charge in [-0.1, -0.05) is 6.07 Å². The van der Waals surface area contributed by atoms with Crippen LogP contribution < -0.4 is 24.8 Å². The zero-order valence-electron chi connectivity index (χ0n) is 24.3. The number of aromatic nitrogens is 1. The van der Waals surface area contributed by atoms with Gasteiger partial charge in [-0.15, -0.1) is 0 Å². The minimum Gasteiger partial charge on any atom is -0.493 e. The Morgan fingerprint density at radius 1 is 1.07 bits per heavy atom. The van der Waals surface area contributed by atoms with E-state index in [9.17, 15) is 9.59 Å². The van der Waals surface area contributed by atoms with Gasteiger partial charge in [0.25, 0.3) is 17.7 Å². The van der Waals surface area contributed by atoms with Crippen LogP contribution in [0.4, 0.5) is 14.5 Å². The van der Waals surface area contributed by atoms with Crippen molar-refractivity contribution in [2.75, 3.05) is 45.8 Å². The monoisotopic (exact) mass is 597 g/mol. The van der Waals surface area contributed by atoms with Crippen LogP contribution in [0.25, 0.3) is 0 Å². The SMILES string of the molecule is CCOC(=O)C1CCCN(c2c(F)c(Oc3cccc(C(=O)N(C)C)c3)nc(Oc3cc(C(=N)N)ccc3OC)c2F)C1. The Balaban J connectivity index is 1.81. The molecule has 1 aliphatic rings. The number of halogens is 2. The molecule has 1 saturated heterocycles. The highest BCUT2D eigenvalue weighted by molar-refractivity contribution is 5.95. The second kappa shape index (κ2) is 13.4. The van der Waals surface area contributed by atoms with Gasteiger partial charge >= 0.3 is 5.97 Å². The number of amidine groups is 1. The lowest BCUT2D eigenvalue weighted by atomic mass is 9.97. The zero-order valence-corrected chi connectivity index (χ0v) is 24.3. The van der Waals surface area contributed by atoms with Crippen LogP contribution in [0.3, 0.4) is 0 Å². The molecule has 228 valence electrons. The normalized spacial score (nSPS) is 14.6. The van der Waals surface area contributed by atoms with Crippen molar-refractivity contribution in [3.63, 3.8) is 0 Å². The Kier molecular flexibility index (Phi) is 9.63. The van der Waals surface area contributed by atoms with Gasteiger partial charge in [0.2, 0.25) is 11.6 Å². The van der Waals surface area contributed by atoms with Gasteiger partial charge < -0.3 is 34.5 Å². The molecule has 11 nitrogen and oxygen atoms in total. The van der Waals surface area contributed by atoms with E-state index in [1.807, 2.05) is 0 Å². The van der Waals surface area contributed by atoms with E-state index in [1.54, 1.807) is 33.2 Å². The van der Waals surface area contributed by atoms with Gasteiger partial charge in [0.15, 0.2) is 11.5 Å². The highest BCUT2D eigenvalue weighted by atomic mass is 19.1. The van der Waals surface area contributed by atoms with Crippen molar-refractivity contribution in [3.8, 4) is 29.0 Å². The highest BCUT2D eigenvalue weighted by Gasteiger charge is 2.33. The molecule has 1 aliphatic heterocycles. The molecule has 0 aliphatic carbocycles. The molecule has 0 saturated carbocycles. The van der Waals surface area contributed by atoms with Crippen molar-refractivity contribution >= 4 is 23.4 Å². The second-order valence-electron chi connectivity index (χ2n) is 9.95. The average Bonchev–Trinajstić information content (AvgIpc) is 2.99. The van der Waals surface area contributed by atoms with Gasteiger partial charge in [0.1, 0.15) is 17.3 Å². The predicted molar refractivity (Wildman–Crippen MR) is 154 cm³/mol. The van der Waals surface area contributed by atoms with Gasteiger partial charge in [-0.05, 0) is 56.2 Å². The van der Waals surface area contributed by atoms with Crippen molar-refractivity contribution in [2.45, 2.75) is 19.8 Å². The van der Waals surface area contributed by atoms with Crippen LogP contribution in [-0.4, -0.2) is 68.5 Å². The van der Waals surface area contributed by atoms with E-state index in [2.05, 4.69) is 4.98 Å². The molecule has 0 radical (unpaired) electrons. The Morgan fingerprint density at radius 2 is 1.79 bits per heavy atom. The summed E-state index contributed by atoms with van der Waals surface area (Å²) in [6.45, 7) is 2.10. The fraction of sp³-hybridized carbons (Fsp3) is 0.333. The van der Waals surface area contributed by atoms with E-state index in [4.69, 9.17) is 30.1 Å². The standard InChI is InChI=1S/C30H33F2N5O6/c1-5-41-30(39)19-9-7-13-37(16-19)25-23(31)27(42-20-10-6-8-18(14-20)29(38)36(2)3)35-28(24(25)32)43-22-15-17(26(33)34)11-12-21(22)40-4/h6,8,10-12,14-15,19H,5,7,9,13,16H2,1-4H3,(H3,33,34). The third-order valence-corrected chi connectivity index (χ3v) is 6.73. The van der Waals surface area contributed by atoms with Crippen LogP contribution in [0, 0.1) is 23.0 Å². The lowest BCUT2D eigenvalue weighted by molar-refractivity contribution is -0.148. The molecule has 1 unspecified atom stereocenters. The van der Waals surface area contributed by atoms with Gasteiger partial charge in [0, 0.05) is 38.3 Å². The number of rotatable bonds is 10. The highest BCUT2D eigenvalue weighted by Crippen LogP contribution is 2.41. The number of piperidine rings is 1. The molecule has 4 rings (SSSR count). The molecular formula is C30H33F2N5O6. The number of benzene rings is 2. The Morgan fingerprint density at radius 3 is 2.44 bits per heavy atom. The molecule has 0 spiro atoms. The minimum absolute atomic E-state index is 0.00840. The van der Waals surface area contributed by atoms with Crippen LogP contribution >= 0.6 is 0 Å². The zero-order chi connectivity index (χ0) is 31.3. The summed E-state index contributed by atoms with van der Waals surface area (Å²) in [4.78, 5) is 31.7. The van der Waals surface area contributed by atoms with E-state index in [1.165, 1.54) is 47.2 Å². The van der Waals surface area contributed by atoms with Crippen LogP contribution in [0.15, 0.2) is 42.5 Å². The number of carbonyl (C=O) groups is 2. The average molecular weight is 598 g/mol. The van der Waals surface area contributed by atoms with E-state index in [0.29, 0.717) is 12.8 Å². The number of carbonyl (C=O) groups excluding carboxylic acids is 2. The summed E-state index contributed by atoms with van der Waals surface area (Å²) in [7, 11) is 4.55. The molecule has 1 aromatic heterocycles. The molecule has 1 atom stereocenters. The first-order valence-corrected chi connectivity index (χ1v) is 13.5. The second-order valence-corrected chi connectivity index (χ2v) is 9.95. The first-order valence-electron chi connectivity index (χ1n) is 13.5. The largest absolute Gasteiger partial charge is 0.493 e. The summed E-state index contributed by atoms with van der Waals surface area (Å²) in [5.41, 5.74) is 5.66. The topological polar surface area (TPSA) is 140 Å². The number of nitrogens with zero attached hydrogens (tertiary/aromatic N) is 3. The summed E-state index contributed by atoms with van der Waals surface area (Å²) < 4.78 is 54.3. The number of anilines is 1. The molecule has 2 aromatic carbocycles. The maximum Gasteiger partial charge on any atom is 0.310 e. The molecule has 3 N–H and O–H groups in total. The number of hydrogen-bond donors (Lipinski definition) is 2. The Labute approximate surface area is 247 Å². The van der Waals surface area contributed by atoms with E-state index in [0.717, 1.165) is 0 Å². The maximum absolute atomic E-state index is 16.2. The van der Waals surface area contributed by atoms with Gasteiger partial charge in [-0.25, -0.2) is 0 Å². The van der Waals surface area contributed by atoms with Crippen molar-refractivity contribution in [1.29, 1.82) is 5.41 Å². The molecule has 43 heavy (non-hydrogen) atoms. The van der Waals surface area contributed by atoms with Crippen molar-refractivity contribution in [2.24, 2.45) is 11.7 Å². The molecule has 2 heterocycles. The molecule has 1 fully saturated rings. The first-order chi connectivity index (χ1) is 20.5. The van der Waals surface area contributed by atoms with E-state index >= 15 is 8.78 Å². The quantitative estimate of drug-likeness (QED) is 0.193. The number of nitrogens with two attached hydrogens (primary N) is 1. The number of hydrogen-bond acceptors (Lipinski definition) is 9. The van der Waals surface area contributed by atoms with Gasteiger partial charge in [-0.3, -0.25) is 15.0 Å². The van der Waals surface area contributed by atoms with Crippen molar-refractivity contribution < 1.29 is 37.3 Å². The third-order valence-electron chi connectivity index (χ3n) is 6.73. The number of pyridine rings is 1. The molecular weight excluding hydrogens is 564 g/mol. The number of methoxy groups -OCH3 is 1. The smallest absolute Gasteiger partial charge is 0.310 e.